The highest BCUT2D eigenvalue weighted by molar-refractivity contribution is 7.89. The van der Waals surface area contributed by atoms with Crippen LogP contribution in [0.4, 0.5) is 0 Å². The predicted molar refractivity (Wildman–Crippen MR) is 55.8 cm³/mol. The van der Waals surface area contributed by atoms with E-state index in [1.807, 2.05) is 6.92 Å². The number of H-pyrrole nitrogens is 1. The SMILES string of the molecule is Cc1[nH]ncc1S(=O)(=O)NC(C)C1CC1. The molecule has 1 heterocycles. The largest absolute Gasteiger partial charge is 0.281 e. The van der Waals surface area contributed by atoms with Gasteiger partial charge in [0.15, 0.2) is 0 Å². The number of aromatic nitrogens is 2. The van der Waals surface area contributed by atoms with E-state index in [4.69, 9.17) is 0 Å². The summed E-state index contributed by atoms with van der Waals surface area (Å²) in [6.07, 6.45) is 3.58. The highest BCUT2D eigenvalue weighted by atomic mass is 32.2. The third kappa shape index (κ3) is 2.21. The number of nitrogens with one attached hydrogen (secondary N) is 2. The first-order chi connectivity index (χ1) is 7.00. The van der Waals surface area contributed by atoms with E-state index in [1.54, 1.807) is 6.92 Å². The molecule has 1 saturated carbocycles. The minimum absolute atomic E-state index is 0.0179. The van der Waals surface area contributed by atoms with Gasteiger partial charge < -0.3 is 0 Å². The van der Waals surface area contributed by atoms with E-state index in [-0.39, 0.29) is 10.9 Å². The quantitative estimate of drug-likeness (QED) is 0.801. The molecule has 1 aromatic heterocycles. The van der Waals surface area contributed by atoms with Gasteiger partial charge in [-0.25, -0.2) is 13.1 Å². The van der Waals surface area contributed by atoms with Crippen molar-refractivity contribution < 1.29 is 8.42 Å². The van der Waals surface area contributed by atoms with Gasteiger partial charge >= 0.3 is 0 Å². The van der Waals surface area contributed by atoms with Crippen LogP contribution in [0.1, 0.15) is 25.5 Å². The van der Waals surface area contributed by atoms with Crippen molar-refractivity contribution in [2.75, 3.05) is 0 Å². The molecule has 6 heteroatoms. The van der Waals surface area contributed by atoms with Gasteiger partial charge in [-0.05, 0) is 32.6 Å². The zero-order chi connectivity index (χ0) is 11.1. The van der Waals surface area contributed by atoms with Crippen LogP contribution in [0.15, 0.2) is 11.1 Å². The van der Waals surface area contributed by atoms with E-state index in [2.05, 4.69) is 14.9 Å². The first-order valence-corrected chi connectivity index (χ1v) is 6.51. The summed E-state index contributed by atoms with van der Waals surface area (Å²) in [6.45, 7) is 3.61. The second-order valence-electron chi connectivity index (χ2n) is 4.11. The molecule has 0 saturated heterocycles. The zero-order valence-corrected chi connectivity index (χ0v) is 9.63. The number of rotatable bonds is 4. The van der Waals surface area contributed by atoms with Gasteiger partial charge in [0.2, 0.25) is 10.0 Å². The summed E-state index contributed by atoms with van der Waals surface area (Å²) in [6, 6.07) is 0.0179. The van der Waals surface area contributed by atoms with Crippen molar-refractivity contribution >= 4 is 10.0 Å². The van der Waals surface area contributed by atoms with Crippen LogP contribution in [0.3, 0.4) is 0 Å². The minimum atomic E-state index is -3.40. The highest BCUT2D eigenvalue weighted by Gasteiger charge is 2.31. The zero-order valence-electron chi connectivity index (χ0n) is 8.82. The second kappa shape index (κ2) is 3.61. The summed E-state index contributed by atoms with van der Waals surface area (Å²) in [4.78, 5) is 0.245. The minimum Gasteiger partial charge on any atom is -0.281 e. The average molecular weight is 229 g/mol. The Labute approximate surface area is 89.3 Å². The lowest BCUT2D eigenvalue weighted by molar-refractivity contribution is 0.537. The molecule has 2 rings (SSSR count). The van der Waals surface area contributed by atoms with Crippen LogP contribution in [-0.4, -0.2) is 24.7 Å². The molecule has 0 bridgehead atoms. The molecule has 0 aromatic carbocycles. The molecule has 5 nitrogen and oxygen atoms in total. The Morgan fingerprint density at radius 2 is 2.27 bits per heavy atom. The Balaban J connectivity index is 2.16. The first kappa shape index (κ1) is 10.6. The van der Waals surface area contributed by atoms with Crippen LogP contribution >= 0.6 is 0 Å². The number of nitrogens with zero attached hydrogens (tertiary/aromatic N) is 1. The van der Waals surface area contributed by atoms with Crippen molar-refractivity contribution in [3.05, 3.63) is 11.9 Å². The lowest BCUT2D eigenvalue weighted by Gasteiger charge is -2.12. The Bertz CT molecular complexity index is 448. The standard InChI is InChI=1S/C9H15N3O2S/c1-6(8-3-4-8)12-15(13,14)9-5-10-11-7(9)2/h5-6,8,12H,3-4H2,1-2H3,(H,10,11). The Kier molecular flexibility index (Phi) is 2.56. The molecule has 84 valence electrons. The fourth-order valence-corrected chi connectivity index (χ4v) is 3.06. The molecular formula is C9H15N3O2S. The van der Waals surface area contributed by atoms with Crippen molar-refractivity contribution in [2.45, 2.75) is 37.6 Å². The van der Waals surface area contributed by atoms with Gasteiger partial charge in [0.05, 0.1) is 11.9 Å². The fraction of sp³-hybridized carbons (Fsp3) is 0.667. The predicted octanol–water partition coefficient (Wildman–Crippen LogP) is 0.795. The van der Waals surface area contributed by atoms with Gasteiger partial charge in [-0.15, -0.1) is 0 Å². The smallest absolute Gasteiger partial charge is 0.244 e. The maximum absolute atomic E-state index is 11.9. The summed E-state index contributed by atoms with van der Waals surface area (Å²) in [5.41, 5.74) is 0.575. The Morgan fingerprint density at radius 1 is 1.60 bits per heavy atom. The topological polar surface area (TPSA) is 74.8 Å². The van der Waals surface area contributed by atoms with Crippen LogP contribution in [0.2, 0.25) is 0 Å². The number of aryl methyl sites for hydroxylation is 1. The lowest BCUT2D eigenvalue weighted by atomic mass is 10.2. The summed E-state index contributed by atoms with van der Waals surface area (Å²) in [5.74, 6) is 0.506. The van der Waals surface area contributed by atoms with Gasteiger partial charge in [-0.1, -0.05) is 0 Å². The van der Waals surface area contributed by atoms with Gasteiger partial charge in [-0.3, -0.25) is 5.10 Å². The van der Waals surface area contributed by atoms with E-state index in [0.717, 1.165) is 12.8 Å². The molecule has 1 atom stereocenters. The third-order valence-electron chi connectivity index (χ3n) is 2.74. The van der Waals surface area contributed by atoms with Crippen molar-refractivity contribution in [3.63, 3.8) is 0 Å². The Morgan fingerprint density at radius 3 is 2.73 bits per heavy atom. The van der Waals surface area contributed by atoms with Crippen molar-refractivity contribution in [2.24, 2.45) is 5.92 Å². The molecular weight excluding hydrogens is 214 g/mol. The van der Waals surface area contributed by atoms with Crippen molar-refractivity contribution in [1.82, 2.24) is 14.9 Å². The molecule has 1 aromatic rings. The molecule has 15 heavy (non-hydrogen) atoms. The summed E-state index contributed by atoms with van der Waals surface area (Å²) in [7, 11) is -3.40. The molecule has 0 spiro atoms. The molecule has 1 aliphatic rings. The third-order valence-corrected chi connectivity index (χ3v) is 4.42. The summed E-state index contributed by atoms with van der Waals surface area (Å²) >= 11 is 0. The van der Waals surface area contributed by atoms with Gasteiger partial charge in [0, 0.05) is 6.04 Å². The maximum atomic E-state index is 11.9. The van der Waals surface area contributed by atoms with Crippen LogP contribution in [0.5, 0.6) is 0 Å². The highest BCUT2D eigenvalue weighted by Crippen LogP contribution is 2.33. The molecule has 1 fully saturated rings. The first-order valence-electron chi connectivity index (χ1n) is 5.03. The molecule has 1 aliphatic carbocycles. The van der Waals surface area contributed by atoms with Crippen LogP contribution in [0.25, 0.3) is 0 Å². The summed E-state index contributed by atoms with van der Waals surface area (Å²) < 4.78 is 26.4. The van der Waals surface area contributed by atoms with E-state index in [1.165, 1.54) is 6.20 Å². The van der Waals surface area contributed by atoms with Crippen LogP contribution in [-0.2, 0) is 10.0 Å². The fourth-order valence-electron chi connectivity index (χ4n) is 1.61. The molecule has 0 radical (unpaired) electrons. The van der Waals surface area contributed by atoms with Gasteiger partial charge in [0.1, 0.15) is 4.90 Å². The van der Waals surface area contributed by atoms with E-state index < -0.39 is 10.0 Å². The summed E-state index contributed by atoms with van der Waals surface area (Å²) in [5, 5.41) is 6.34. The molecule has 1 unspecified atom stereocenters. The normalized spacial score (nSPS) is 19.1. The number of hydrogen-bond donors (Lipinski definition) is 2. The number of aromatic amines is 1. The maximum Gasteiger partial charge on any atom is 0.244 e. The van der Waals surface area contributed by atoms with Crippen LogP contribution < -0.4 is 4.72 Å². The monoisotopic (exact) mass is 229 g/mol. The Hall–Kier alpha value is -0.880. The van der Waals surface area contributed by atoms with Gasteiger partial charge in [-0.2, -0.15) is 5.10 Å². The molecule has 2 N–H and O–H groups in total. The second-order valence-corrected chi connectivity index (χ2v) is 5.79. The van der Waals surface area contributed by atoms with E-state index in [9.17, 15) is 8.42 Å². The average Bonchev–Trinajstić information content (AvgIpc) is 2.88. The van der Waals surface area contributed by atoms with E-state index >= 15 is 0 Å². The number of hydrogen-bond acceptors (Lipinski definition) is 3. The van der Waals surface area contributed by atoms with Crippen molar-refractivity contribution in [3.8, 4) is 0 Å². The van der Waals surface area contributed by atoms with Gasteiger partial charge in [0.25, 0.3) is 0 Å². The molecule has 0 aliphatic heterocycles. The van der Waals surface area contributed by atoms with Crippen LogP contribution in [0, 0.1) is 12.8 Å². The number of sulfonamides is 1. The molecule has 0 amide bonds. The van der Waals surface area contributed by atoms with Crippen molar-refractivity contribution in [1.29, 1.82) is 0 Å². The lowest BCUT2D eigenvalue weighted by Crippen LogP contribution is -2.34. The van der Waals surface area contributed by atoms with E-state index in [0.29, 0.717) is 11.6 Å².